The molecule has 0 bridgehead atoms. The second-order valence-corrected chi connectivity index (χ2v) is 7.78. The number of anilines is 1. The van der Waals surface area contributed by atoms with Crippen molar-refractivity contribution in [1.82, 2.24) is 0 Å². The molecule has 30 heavy (non-hydrogen) atoms. The average molecular weight is 428 g/mol. The van der Waals surface area contributed by atoms with Crippen LogP contribution in [0, 0.1) is 5.82 Å². The van der Waals surface area contributed by atoms with Crippen molar-refractivity contribution in [3.8, 4) is 5.75 Å². The predicted molar refractivity (Wildman–Crippen MR) is 109 cm³/mol. The molecule has 3 N–H and O–H groups in total. The quantitative estimate of drug-likeness (QED) is 0.586. The van der Waals surface area contributed by atoms with Crippen LogP contribution in [-0.4, -0.2) is 27.2 Å². The number of nitrogens with one attached hydrogen (secondary N) is 1. The number of ketones is 1. The van der Waals surface area contributed by atoms with E-state index in [0.717, 1.165) is 18.2 Å². The molecule has 0 fully saturated rings. The summed E-state index contributed by atoms with van der Waals surface area (Å²) in [5, 5.41) is 7.74. The number of carbonyl (C=O) groups is 2. The number of hydrogen-bond acceptors (Lipinski definition) is 5. The Morgan fingerprint density at radius 3 is 2.20 bits per heavy atom. The van der Waals surface area contributed by atoms with Gasteiger partial charge < -0.3 is 10.1 Å². The SMILES string of the molecule is COc1ccc(NC(=O)c2ccccc2C(=O)c2ccc(F)cc2)cc1S(N)(=O)=O. The minimum Gasteiger partial charge on any atom is -0.495 e. The van der Waals surface area contributed by atoms with Gasteiger partial charge in [-0.2, -0.15) is 0 Å². The highest BCUT2D eigenvalue weighted by molar-refractivity contribution is 7.89. The van der Waals surface area contributed by atoms with Crippen LogP contribution in [0.3, 0.4) is 0 Å². The van der Waals surface area contributed by atoms with E-state index in [0.29, 0.717) is 0 Å². The van der Waals surface area contributed by atoms with E-state index in [1.165, 1.54) is 43.5 Å². The van der Waals surface area contributed by atoms with Gasteiger partial charge in [-0.05, 0) is 48.5 Å². The van der Waals surface area contributed by atoms with Crippen molar-refractivity contribution in [3.63, 3.8) is 0 Å². The van der Waals surface area contributed by atoms with Crippen LogP contribution < -0.4 is 15.2 Å². The van der Waals surface area contributed by atoms with E-state index >= 15 is 0 Å². The van der Waals surface area contributed by atoms with Crippen molar-refractivity contribution in [2.75, 3.05) is 12.4 Å². The first-order chi connectivity index (χ1) is 14.2. The monoisotopic (exact) mass is 428 g/mol. The zero-order valence-corrected chi connectivity index (χ0v) is 16.6. The molecule has 0 aliphatic carbocycles. The lowest BCUT2D eigenvalue weighted by molar-refractivity contribution is 0.0996. The van der Waals surface area contributed by atoms with Gasteiger partial charge in [0.2, 0.25) is 10.0 Å². The second kappa shape index (κ2) is 8.44. The van der Waals surface area contributed by atoms with Crippen molar-refractivity contribution in [2.45, 2.75) is 4.90 Å². The standard InChI is InChI=1S/C21H17FN2O5S/c1-29-18-11-10-15(12-19(18)30(23,27)28)24-21(26)17-5-3-2-4-16(17)20(25)13-6-8-14(22)9-7-13/h2-12H,1H3,(H,24,26)(H2,23,27,28). The molecule has 3 rings (SSSR count). The number of amides is 1. The highest BCUT2D eigenvalue weighted by Gasteiger charge is 2.20. The maximum absolute atomic E-state index is 13.1. The molecular weight excluding hydrogens is 411 g/mol. The van der Waals surface area contributed by atoms with E-state index < -0.39 is 27.5 Å². The third-order valence-electron chi connectivity index (χ3n) is 4.25. The smallest absolute Gasteiger partial charge is 0.256 e. The van der Waals surface area contributed by atoms with Gasteiger partial charge in [0.25, 0.3) is 5.91 Å². The van der Waals surface area contributed by atoms with E-state index in [-0.39, 0.29) is 33.0 Å². The summed E-state index contributed by atoms with van der Waals surface area (Å²) in [5.74, 6) is -1.54. The fraction of sp³-hybridized carbons (Fsp3) is 0.0476. The highest BCUT2D eigenvalue weighted by Crippen LogP contribution is 2.26. The van der Waals surface area contributed by atoms with Crippen LogP contribution in [0.25, 0.3) is 0 Å². The number of halogens is 1. The lowest BCUT2D eigenvalue weighted by atomic mass is 9.98. The molecule has 0 heterocycles. The Labute approximate surface area is 172 Å². The van der Waals surface area contributed by atoms with Gasteiger partial charge in [0.1, 0.15) is 16.5 Å². The summed E-state index contributed by atoms with van der Waals surface area (Å²) in [5.41, 5.74) is 0.549. The Bertz CT molecular complexity index is 1220. The van der Waals surface area contributed by atoms with Gasteiger partial charge in [0.15, 0.2) is 5.78 Å². The number of ether oxygens (including phenoxy) is 1. The molecule has 7 nitrogen and oxygen atoms in total. The van der Waals surface area contributed by atoms with Crippen molar-refractivity contribution < 1.29 is 27.1 Å². The Kier molecular flexibility index (Phi) is 5.95. The molecular formula is C21H17FN2O5S. The largest absolute Gasteiger partial charge is 0.495 e. The topological polar surface area (TPSA) is 116 Å². The molecule has 0 saturated carbocycles. The van der Waals surface area contributed by atoms with Crippen LogP contribution in [-0.2, 0) is 10.0 Å². The van der Waals surface area contributed by atoms with Gasteiger partial charge >= 0.3 is 0 Å². The van der Waals surface area contributed by atoms with Crippen LogP contribution in [0.2, 0.25) is 0 Å². The van der Waals surface area contributed by atoms with E-state index in [1.807, 2.05) is 0 Å². The molecule has 0 unspecified atom stereocenters. The molecule has 0 saturated heterocycles. The van der Waals surface area contributed by atoms with Crippen LogP contribution in [0.5, 0.6) is 5.75 Å². The molecule has 0 aliphatic rings. The second-order valence-electron chi connectivity index (χ2n) is 6.25. The summed E-state index contributed by atoms with van der Waals surface area (Å²) in [6, 6.07) is 15.0. The third kappa shape index (κ3) is 4.53. The third-order valence-corrected chi connectivity index (χ3v) is 5.18. The number of rotatable bonds is 6. The van der Waals surface area contributed by atoms with Gasteiger partial charge in [-0.1, -0.05) is 18.2 Å². The molecule has 3 aromatic carbocycles. The number of carbonyl (C=O) groups excluding carboxylic acids is 2. The summed E-state index contributed by atoms with van der Waals surface area (Å²) >= 11 is 0. The lowest BCUT2D eigenvalue weighted by Gasteiger charge is -2.12. The Morgan fingerprint density at radius 2 is 1.60 bits per heavy atom. The van der Waals surface area contributed by atoms with Crippen LogP contribution in [0.4, 0.5) is 10.1 Å². The van der Waals surface area contributed by atoms with Gasteiger partial charge in [-0.15, -0.1) is 0 Å². The fourth-order valence-electron chi connectivity index (χ4n) is 2.81. The van der Waals surface area contributed by atoms with Crippen molar-refractivity contribution in [3.05, 3.63) is 89.2 Å². The van der Waals surface area contributed by atoms with E-state index in [4.69, 9.17) is 9.88 Å². The summed E-state index contributed by atoms with van der Waals surface area (Å²) in [6.07, 6.45) is 0. The summed E-state index contributed by atoms with van der Waals surface area (Å²) in [4.78, 5) is 25.3. The van der Waals surface area contributed by atoms with Crippen LogP contribution >= 0.6 is 0 Å². The van der Waals surface area contributed by atoms with Gasteiger partial charge in [-0.3, -0.25) is 9.59 Å². The molecule has 0 atom stereocenters. The molecule has 0 aromatic heterocycles. The zero-order valence-electron chi connectivity index (χ0n) is 15.8. The number of primary sulfonamides is 1. The molecule has 0 radical (unpaired) electrons. The van der Waals surface area contributed by atoms with E-state index in [1.54, 1.807) is 12.1 Å². The molecule has 0 spiro atoms. The summed E-state index contributed by atoms with van der Waals surface area (Å²) in [7, 11) is -2.80. The van der Waals surface area contributed by atoms with Gasteiger partial charge in [-0.25, -0.2) is 17.9 Å². The van der Waals surface area contributed by atoms with Crippen LogP contribution in [0.1, 0.15) is 26.3 Å². The first-order valence-corrected chi connectivity index (χ1v) is 10.2. The number of nitrogens with two attached hydrogens (primary N) is 1. The lowest BCUT2D eigenvalue weighted by Crippen LogP contribution is -2.18. The van der Waals surface area contributed by atoms with Crippen LogP contribution in [0.15, 0.2) is 71.6 Å². The van der Waals surface area contributed by atoms with E-state index in [9.17, 15) is 22.4 Å². The normalized spacial score (nSPS) is 11.0. The number of benzene rings is 3. The molecule has 3 aromatic rings. The Morgan fingerprint density at radius 1 is 0.967 bits per heavy atom. The van der Waals surface area contributed by atoms with E-state index in [2.05, 4.69) is 5.32 Å². The minimum atomic E-state index is -4.09. The molecule has 9 heteroatoms. The first kappa shape index (κ1) is 21.2. The number of methoxy groups -OCH3 is 1. The van der Waals surface area contributed by atoms with Crippen molar-refractivity contribution in [2.24, 2.45) is 5.14 Å². The average Bonchev–Trinajstić information content (AvgIpc) is 2.73. The van der Waals surface area contributed by atoms with Gasteiger partial charge in [0.05, 0.1) is 12.7 Å². The fourth-order valence-corrected chi connectivity index (χ4v) is 3.53. The minimum absolute atomic E-state index is 0.0300. The predicted octanol–water partition coefficient (Wildman–Crippen LogP) is 2.96. The summed E-state index contributed by atoms with van der Waals surface area (Å²) in [6.45, 7) is 0. The zero-order chi connectivity index (χ0) is 21.9. The highest BCUT2D eigenvalue weighted by atomic mass is 32.2. The maximum Gasteiger partial charge on any atom is 0.256 e. The number of hydrogen-bond donors (Lipinski definition) is 2. The van der Waals surface area contributed by atoms with Gasteiger partial charge in [0, 0.05) is 16.8 Å². The molecule has 154 valence electrons. The van der Waals surface area contributed by atoms with Crippen molar-refractivity contribution in [1.29, 1.82) is 0 Å². The molecule has 0 aliphatic heterocycles. The molecule has 1 amide bonds. The Hall–Kier alpha value is -3.56. The maximum atomic E-state index is 13.1. The first-order valence-electron chi connectivity index (χ1n) is 8.62. The van der Waals surface area contributed by atoms with Crippen molar-refractivity contribution >= 4 is 27.4 Å². The number of sulfonamides is 1. The Balaban J connectivity index is 1.94. The summed E-state index contributed by atoms with van der Waals surface area (Å²) < 4.78 is 41.6.